The van der Waals surface area contributed by atoms with Crippen LogP contribution in [0.2, 0.25) is 5.02 Å². The molecule has 0 aliphatic heterocycles. The molecule has 2 aromatic heterocycles. The molecule has 0 unspecified atom stereocenters. The Morgan fingerprint density at radius 1 is 1.36 bits per heavy atom. The largest absolute Gasteiger partial charge is 0.302 e. The standard InChI is InChI=1S/C16H13ClN4O2S2/c17-13-8-11(21(22)23)5-6-14(13)25-16-19-18-15(20(16)10-3-4-10)9-12-2-1-7-24-12/h1-2,5-8,10H,3-4,9H2. The maximum atomic E-state index is 10.8. The molecule has 0 radical (unpaired) electrons. The third-order valence-electron chi connectivity index (χ3n) is 3.89. The van der Waals surface area contributed by atoms with E-state index in [-0.39, 0.29) is 5.69 Å². The molecule has 0 atom stereocenters. The number of nitrogens with zero attached hydrogens (tertiary/aromatic N) is 4. The lowest BCUT2D eigenvalue weighted by atomic mass is 10.3. The number of thiophene rings is 1. The summed E-state index contributed by atoms with van der Waals surface area (Å²) in [5.74, 6) is 0.950. The van der Waals surface area contributed by atoms with Gasteiger partial charge in [-0.25, -0.2) is 0 Å². The normalized spacial score (nSPS) is 14.0. The van der Waals surface area contributed by atoms with Gasteiger partial charge in [0.15, 0.2) is 5.16 Å². The van der Waals surface area contributed by atoms with Crippen LogP contribution in [0.5, 0.6) is 0 Å². The van der Waals surface area contributed by atoms with Gasteiger partial charge in [0, 0.05) is 34.4 Å². The maximum Gasteiger partial charge on any atom is 0.270 e. The number of halogens is 1. The highest BCUT2D eigenvalue weighted by molar-refractivity contribution is 7.99. The van der Waals surface area contributed by atoms with Crippen LogP contribution in [0.1, 0.15) is 29.6 Å². The minimum atomic E-state index is -0.452. The van der Waals surface area contributed by atoms with Crippen LogP contribution in [0.15, 0.2) is 45.8 Å². The van der Waals surface area contributed by atoms with Gasteiger partial charge >= 0.3 is 0 Å². The molecule has 128 valence electrons. The monoisotopic (exact) mass is 392 g/mol. The van der Waals surface area contributed by atoms with Gasteiger partial charge in [-0.1, -0.05) is 17.7 Å². The minimum Gasteiger partial charge on any atom is -0.302 e. The molecular weight excluding hydrogens is 380 g/mol. The van der Waals surface area contributed by atoms with Crippen molar-refractivity contribution < 1.29 is 4.92 Å². The van der Waals surface area contributed by atoms with E-state index in [0.29, 0.717) is 11.1 Å². The second kappa shape index (κ2) is 6.78. The first-order valence-corrected chi connectivity index (χ1v) is 9.77. The second-order valence-corrected chi connectivity index (χ2v) is 8.18. The molecule has 6 nitrogen and oxygen atoms in total. The molecule has 1 aromatic carbocycles. The van der Waals surface area contributed by atoms with E-state index in [1.165, 1.54) is 28.8 Å². The summed E-state index contributed by atoms with van der Waals surface area (Å²) in [6.07, 6.45) is 3.00. The van der Waals surface area contributed by atoms with E-state index in [1.54, 1.807) is 17.4 Å². The lowest BCUT2D eigenvalue weighted by molar-refractivity contribution is -0.384. The van der Waals surface area contributed by atoms with Crippen LogP contribution in [0.25, 0.3) is 0 Å². The van der Waals surface area contributed by atoms with Gasteiger partial charge in [0.2, 0.25) is 0 Å². The van der Waals surface area contributed by atoms with Crippen LogP contribution >= 0.6 is 34.7 Å². The number of rotatable bonds is 6. The van der Waals surface area contributed by atoms with Crippen molar-refractivity contribution in [3.8, 4) is 0 Å². The topological polar surface area (TPSA) is 73.8 Å². The molecule has 1 saturated carbocycles. The molecule has 4 rings (SSSR count). The summed E-state index contributed by atoms with van der Waals surface area (Å²) in [7, 11) is 0. The van der Waals surface area contributed by atoms with Crippen molar-refractivity contribution >= 4 is 40.4 Å². The summed E-state index contributed by atoms with van der Waals surface area (Å²) in [4.78, 5) is 12.4. The molecule has 0 bridgehead atoms. The van der Waals surface area contributed by atoms with Crippen molar-refractivity contribution in [3.63, 3.8) is 0 Å². The zero-order valence-electron chi connectivity index (χ0n) is 13.0. The van der Waals surface area contributed by atoms with E-state index in [4.69, 9.17) is 11.6 Å². The fourth-order valence-electron chi connectivity index (χ4n) is 2.55. The summed E-state index contributed by atoms with van der Waals surface area (Å²) in [5.41, 5.74) is -0.0172. The first-order chi connectivity index (χ1) is 12.1. The molecule has 0 amide bonds. The van der Waals surface area contributed by atoms with Crippen LogP contribution in [-0.4, -0.2) is 19.7 Å². The Hall–Kier alpha value is -1.90. The molecule has 0 spiro atoms. The number of aromatic nitrogens is 3. The first-order valence-electron chi connectivity index (χ1n) is 7.70. The van der Waals surface area contributed by atoms with E-state index in [9.17, 15) is 10.1 Å². The van der Waals surface area contributed by atoms with E-state index in [1.807, 2.05) is 6.07 Å². The number of nitro benzene ring substituents is 1. The lowest BCUT2D eigenvalue weighted by Crippen LogP contribution is -2.03. The van der Waals surface area contributed by atoms with Crippen molar-refractivity contribution in [1.82, 2.24) is 14.8 Å². The Kier molecular flexibility index (Phi) is 4.49. The van der Waals surface area contributed by atoms with Crippen molar-refractivity contribution in [3.05, 3.63) is 61.6 Å². The smallest absolute Gasteiger partial charge is 0.270 e. The molecule has 1 aliphatic rings. The van der Waals surface area contributed by atoms with E-state index < -0.39 is 4.92 Å². The SMILES string of the molecule is O=[N+]([O-])c1ccc(Sc2nnc(Cc3cccs3)n2C2CC2)c(Cl)c1. The summed E-state index contributed by atoms with van der Waals surface area (Å²) in [6, 6.07) is 9.05. The third kappa shape index (κ3) is 3.56. The average Bonchev–Trinajstić information content (AvgIpc) is 3.14. The van der Waals surface area contributed by atoms with Crippen LogP contribution in [0.3, 0.4) is 0 Å². The van der Waals surface area contributed by atoms with Crippen molar-refractivity contribution in [2.24, 2.45) is 0 Å². The molecule has 2 heterocycles. The van der Waals surface area contributed by atoms with Gasteiger partial charge in [-0.2, -0.15) is 0 Å². The van der Waals surface area contributed by atoms with Crippen LogP contribution in [0.4, 0.5) is 5.69 Å². The van der Waals surface area contributed by atoms with Gasteiger partial charge < -0.3 is 4.57 Å². The number of hydrogen-bond donors (Lipinski definition) is 0. The molecular formula is C16H13ClN4O2S2. The van der Waals surface area contributed by atoms with Gasteiger partial charge in [-0.15, -0.1) is 21.5 Å². The number of nitro groups is 1. The van der Waals surface area contributed by atoms with Gasteiger partial charge in [-0.05, 0) is 42.1 Å². The van der Waals surface area contributed by atoms with Crippen molar-refractivity contribution in [2.75, 3.05) is 0 Å². The predicted octanol–water partition coefficient (Wildman–Crippen LogP) is 4.98. The van der Waals surface area contributed by atoms with Crippen LogP contribution < -0.4 is 0 Å². The molecule has 9 heteroatoms. The highest BCUT2D eigenvalue weighted by Gasteiger charge is 2.30. The molecule has 1 fully saturated rings. The first kappa shape index (κ1) is 16.6. The number of benzene rings is 1. The summed E-state index contributed by atoms with van der Waals surface area (Å²) in [5, 5.41) is 22.7. The van der Waals surface area contributed by atoms with Gasteiger partial charge in [-0.3, -0.25) is 10.1 Å². The highest BCUT2D eigenvalue weighted by Crippen LogP contribution is 2.42. The zero-order chi connectivity index (χ0) is 17.4. The highest BCUT2D eigenvalue weighted by atomic mass is 35.5. The molecule has 0 N–H and O–H groups in total. The van der Waals surface area contributed by atoms with E-state index in [0.717, 1.165) is 35.1 Å². The molecule has 1 aliphatic carbocycles. The fraction of sp³-hybridized carbons (Fsp3) is 0.250. The molecule has 0 saturated heterocycles. The Bertz CT molecular complexity index is 922. The Labute approximate surface area is 157 Å². The van der Waals surface area contributed by atoms with Crippen molar-refractivity contribution in [1.29, 1.82) is 0 Å². The van der Waals surface area contributed by atoms with Gasteiger partial charge in [0.25, 0.3) is 5.69 Å². The van der Waals surface area contributed by atoms with Crippen LogP contribution in [0, 0.1) is 10.1 Å². The predicted molar refractivity (Wildman–Crippen MR) is 97.6 cm³/mol. The zero-order valence-corrected chi connectivity index (χ0v) is 15.4. The Morgan fingerprint density at radius 3 is 2.84 bits per heavy atom. The van der Waals surface area contributed by atoms with Crippen LogP contribution in [-0.2, 0) is 6.42 Å². The summed E-state index contributed by atoms with van der Waals surface area (Å²) < 4.78 is 2.18. The Balaban J connectivity index is 1.62. The quantitative estimate of drug-likeness (QED) is 0.437. The Morgan fingerprint density at radius 2 is 2.20 bits per heavy atom. The lowest BCUT2D eigenvalue weighted by Gasteiger charge is -2.09. The fourth-order valence-corrected chi connectivity index (χ4v) is 4.47. The number of hydrogen-bond acceptors (Lipinski definition) is 6. The number of non-ortho nitro benzene ring substituents is 1. The summed E-state index contributed by atoms with van der Waals surface area (Å²) >= 11 is 9.32. The van der Waals surface area contributed by atoms with E-state index >= 15 is 0 Å². The van der Waals surface area contributed by atoms with Gasteiger partial charge in [0.1, 0.15) is 5.82 Å². The van der Waals surface area contributed by atoms with Gasteiger partial charge in [0.05, 0.1) is 9.95 Å². The summed E-state index contributed by atoms with van der Waals surface area (Å²) in [6.45, 7) is 0. The molecule has 25 heavy (non-hydrogen) atoms. The van der Waals surface area contributed by atoms with E-state index in [2.05, 4.69) is 26.2 Å². The maximum absolute atomic E-state index is 10.8. The molecule has 3 aromatic rings. The average molecular weight is 393 g/mol. The second-order valence-electron chi connectivity index (χ2n) is 5.73. The minimum absolute atomic E-state index is 0.0172. The van der Waals surface area contributed by atoms with Crippen molar-refractivity contribution in [2.45, 2.75) is 35.4 Å². The third-order valence-corrected chi connectivity index (χ3v) is 6.23.